The molecule has 0 saturated carbocycles. The lowest BCUT2D eigenvalue weighted by Crippen LogP contribution is -1.85. The first kappa shape index (κ1) is 10.00. The predicted molar refractivity (Wildman–Crippen MR) is 26.1 cm³/mol. The molecule has 0 radical (unpaired) electrons. The molecule has 0 aromatic carbocycles. The molecule has 0 fully saturated rings. The minimum Gasteiger partial charge on any atom is -0.430 e. The number of nitrogens with two attached hydrogens (primary N) is 1. The van der Waals surface area contributed by atoms with Crippen molar-refractivity contribution in [3.63, 3.8) is 0 Å². The quantitative estimate of drug-likeness (QED) is 0.202. The smallest absolute Gasteiger partial charge is 0.430 e. The number of rotatable bonds is 0. The molecule has 0 heterocycles. The first-order valence-corrected chi connectivity index (χ1v) is 2.50. The second-order valence-corrected chi connectivity index (χ2v) is 0.997. The Labute approximate surface area is 43.2 Å². The maximum absolute atomic E-state index is 8.81. The molecule has 0 rings (SSSR count). The fraction of sp³-hybridized carbons (Fsp3) is 0. The van der Waals surface area contributed by atoms with Gasteiger partial charge in [-0.3, -0.25) is 0 Å². The minimum atomic E-state index is -2.62. The van der Waals surface area contributed by atoms with Gasteiger partial charge in [0.2, 0.25) is 0 Å². The maximum atomic E-state index is 8.81. The third kappa shape index (κ3) is 8100. The summed E-state index contributed by atoms with van der Waals surface area (Å²) in [5.74, 6) is 0. The van der Waals surface area contributed by atoms with Crippen molar-refractivity contribution in [3.8, 4) is 0 Å². The second-order valence-electron chi connectivity index (χ2n) is 0.427. The summed E-state index contributed by atoms with van der Waals surface area (Å²) in [5, 5.41) is 18.3. The SMILES string of the molecule is N[SH](=O)=O.OBO. The molecular weight excluding hydrogens is 121 g/mol. The molecule has 0 aliphatic rings. The Morgan fingerprint density at radius 2 is 1.43 bits per heavy atom. The monoisotopic (exact) mass is 127 g/mol. The number of thiol groups is 1. The fourth-order valence-electron chi connectivity index (χ4n) is 0. The molecule has 0 aromatic rings. The van der Waals surface area contributed by atoms with E-state index in [9.17, 15) is 0 Å². The van der Waals surface area contributed by atoms with Crippen LogP contribution in [0.4, 0.5) is 0 Å². The zero-order chi connectivity index (χ0) is 6.28. The molecule has 5 nitrogen and oxygen atoms in total. The lowest BCUT2D eigenvalue weighted by molar-refractivity contribution is 0.448. The van der Waals surface area contributed by atoms with Crippen molar-refractivity contribution in [2.75, 3.05) is 0 Å². The summed E-state index contributed by atoms with van der Waals surface area (Å²) >= 11 is 0. The summed E-state index contributed by atoms with van der Waals surface area (Å²) in [4.78, 5) is 0. The third-order valence-corrected chi connectivity index (χ3v) is 0. The largest absolute Gasteiger partial charge is 0.432 e. The Bertz CT molecular complexity index is 69.8. The van der Waals surface area contributed by atoms with E-state index >= 15 is 0 Å². The van der Waals surface area contributed by atoms with E-state index in [0.717, 1.165) is 0 Å². The van der Waals surface area contributed by atoms with E-state index in [1.165, 1.54) is 0 Å². The molecule has 0 atom stereocenters. The van der Waals surface area contributed by atoms with Gasteiger partial charge in [0.1, 0.15) is 0 Å². The van der Waals surface area contributed by atoms with Crippen molar-refractivity contribution in [1.29, 1.82) is 0 Å². The predicted octanol–water partition coefficient (Wildman–Crippen LogP) is -3.29. The lowest BCUT2D eigenvalue weighted by Gasteiger charge is -1.48. The molecule has 0 saturated heterocycles. The second kappa shape index (κ2) is 9.31. The molecule has 0 amide bonds. The van der Waals surface area contributed by atoms with E-state index in [2.05, 4.69) is 5.14 Å². The van der Waals surface area contributed by atoms with Gasteiger partial charge in [-0.25, -0.2) is 13.6 Å². The standard InChI is InChI=1S/BH3O2.H3NO2S/c2-1-3;1-4(2)3/h1-3H;4H,(H2,1,2,3). The van der Waals surface area contributed by atoms with Crippen molar-refractivity contribution in [2.24, 2.45) is 5.14 Å². The molecule has 0 spiro atoms. The van der Waals surface area contributed by atoms with Gasteiger partial charge >= 0.3 is 7.69 Å². The summed E-state index contributed by atoms with van der Waals surface area (Å²) < 4.78 is 17.6. The molecule has 0 unspecified atom stereocenters. The zero-order valence-electron chi connectivity index (χ0n) is 3.44. The normalized spacial score (nSPS) is 6.86. The van der Waals surface area contributed by atoms with Gasteiger partial charge in [0.25, 0.3) is 0 Å². The third-order valence-electron chi connectivity index (χ3n) is 0. The highest BCUT2D eigenvalue weighted by Crippen LogP contribution is 1.14. The molecule has 0 aromatic heterocycles. The number of hydrogen-bond donors (Lipinski definition) is 4. The molecule has 0 aliphatic carbocycles. The van der Waals surface area contributed by atoms with Gasteiger partial charge in [0.05, 0.1) is 0 Å². The van der Waals surface area contributed by atoms with Crippen LogP contribution in [0.2, 0.25) is 0 Å². The van der Waals surface area contributed by atoms with Crippen LogP contribution in [-0.4, -0.2) is 26.2 Å². The van der Waals surface area contributed by atoms with E-state index < -0.39 is 18.6 Å². The van der Waals surface area contributed by atoms with Crippen LogP contribution < -0.4 is 5.14 Å². The van der Waals surface area contributed by atoms with Crippen molar-refractivity contribution < 1.29 is 18.5 Å². The van der Waals surface area contributed by atoms with E-state index in [1.807, 2.05) is 0 Å². The van der Waals surface area contributed by atoms with Crippen molar-refractivity contribution >= 4 is 18.6 Å². The topological polar surface area (TPSA) is 101 Å². The molecule has 44 valence electrons. The van der Waals surface area contributed by atoms with Crippen LogP contribution in [-0.2, 0) is 10.9 Å². The number of hydrogen-bond acceptors (Lipinski definition) is 4. The highest BCUT2D eigenvalue weighted by molar-refractivity contribution is 7.69. The highest BCUT2D eigenvalue weighted by atomic mass is 32.2. The molecular formula is H6BNO4S. The average Bonchev–Trinajstić information content (AvgIpc) is 1.33. The Morgan fingerprint density at radius 1 is 1.43 bits per heavy atom. The first-order valence-electron chi connectivity index (χ1n) is 1.26. The Hall–Kier alpha value is -0.105. The van der Waals surface area contributed by atoms with Crippen LogP contribution in [0.3, 0.4) is 0 Å². The summed E-state index contributed by atoms with van der Waals surface area (Å²) in [7, 11) is -3.37. The Balaban J connectivity index is 0. The van der Waals surface area contributed by atoms with Crippen molar-refractivity contribution in [2.45, 2.75) is 0 Å². The molecule has 0 bridgehead atoms. The van der Waals surface area contributed by atoms with Gasteiger partial charge in [-0.05, 0) is 0 Å². The van der Waals surface area contributed by atoms with Gasteiger partial charge < -0.3 is 10.0 Å². The summed E-state index contributed by atoms with van der Waals surface area (Å²) in [6, 6.07) is 0. The zero-order valence-corrected chi connectivity index (χ0v) is 4.34. The van der Waals surface area contributed by atoms with E-state index in [-0.39, 0.29) is 0 Å². The van der Waals surface area contributed by atoms with Gasteiger partial charge in [-0.15, -0.1) is 0 Å². The Kier molecular flexibility index (Phi) is 13.3. The van der Waals surface area contributed by atoms with E-state index in [0.29, 0.717) is 0 Å². The average molecular weight is 127 g/mol. The van der Waals surface area contributed by atoms with Crippen LogP contribution in [0, 0.1) is 0 Å². The van der Waals surface area contributed by atoms with Gasteiger partial charge in [0.15, 0.2) is 10.9 Å². The van der Waals surface area contributed by atoms with Crippen LogP contribution >= 0.6 is 0 Å². The fourth-order valence-corrected chi connectivity index (χ4v) is 0. The van der Waals surface area contributed by atoms with Gasteiger partial charge in [-0.1, -0.05) is 0 Å². The van der Waals surface area contributed by atoms with Crippen LogP contribution in [0.15, 0.2) is 0 Å². The molecule has 4 N–H and O–H groups in total. The maximum Gasteiger partial charge on any atom is 0.432 e. The lowest BCUT2D eigenvalue weighted by atomic mass is 10.5. The van der Waals surface area contributed by atoms with Crippen LogP contribution in [0.25, 0.3) is 0 Å². The Morgan fingerprint density at radius 3 is 1.43 bits per heavy atom. The molecule has 7 heavy (non-hydrogen) atoms. The van der Waals surface area contributed by atoms with Crippen LogP contribution in [0.5, 0.6) is 0 Å². The van der Waals surface area contributed by atoms with E-state index in [4.69, 9.17) is 18.5 Å². The summed E-state index contributed by atoms with van der Waals surface area (Å²) in [6.07, 6.45) is 0. The molecule has 7 heteroatoms. The highest BCUT2D eigenvalue weighted by Gasteiger charge is 1.48. The van der Waals surface area contributed by atoms with Crippen molar-refractivity contribution in [3.05, 3.63) is 0 Å². The van der Waals surface area contributed by atoms with Gasteiger partial charge in [0, 0.05) is 0 Å². The molecule has 0 aliphatic heterocycles. The summed E-state index contributed by atoms with van der Waals surface area (Å²) in [5.41, 5.74) is 0. The van der Waals surface area contributed by atoms with Gasteiger partial charge in [-0.2, -0.15) is 0 Å². The van der Waals surface area contributed by atoms with Crippen LogP contribution in [0.1, 0.15) is 0 Å². The van der Waals surface area contributed by atoms with Crippen molar-refractivity contribution in [1.82, 2.24) is 0 Å². The minimum absolute atomic E-state index is 0.750. The first-order chi connectivity index (χ1) is 3.15. The summed E-state index contributed by atoms with van der Waals surface area (Å²) in [6.45, 7) is 0. The van der Waals surface area contributed by atoms with E-state index in [1.54, 1.807) is 0 Å².